The lowest BCUT2D eigenvalue weighted by molar-refractivity contribution is 1.60. The lowest BCUT2D eigenvalue weighted by atomic mass is 9.90. The molecule has 0 aliphatic rings. The average molecular weight is 316 g/mol. The van der Waals surface area contributed by atoms with Crippen molar-refractivity contribution >= 4 is 65.5 Å². The predicted octanol–water partition coefficient (Wildman–Crippen LogP) is 6.67. The van der Waals surface area contributed by atoms with Crippen molar-refractivity contribution in [1.82, 2.24) is 0 Å². The molecule has 0 fully saturated rings. The van der Waals surface area contributed by atoms with Crippen LogP contribution in [0.15, 0.2) is 71.6 Å². The molecule has 22 heavy (non-hydrogen) atoms. The van der Waals surface area contributed by atoms with E-state index >= 15 is 0 Å². The summed E-state index contributed by atoms with van der Waals surface area (Å²) in [5.41, 5.74) is 0. The monoisotopic (exact) mass is 316 g/mol. The molecule has 2 heteroatoms. The third-order valence-electron chi connectivity index (χ3n) is 4.57. The molecule has 0 unspecified atom stereocenters. The second kappa shape index (κ2) is 4.55. The minimum atomic E-state index is 1.23. The molecule has 5 aromatic rings. The minimum Gasteiger partial charge on any atom is -0.106 e. The SMILES string of the molecule is SSc1ccc2cccc3c4cccc5cccc(c1c23)c54. The van der Waals surface area contributed by atoms with Gasteiger partial charge in [0.15, 0.2) is 0 Å². The van der Waals surface area contributed by atoms with Crippen LogP contribution in [0.4, 0.5) is 0 Å². The van der Waals surface area contributed by atoms with Crippen LogP contribution in [0.1, 0.15) is 0 Å². The molecule has 0 aromatic heterocycles. The second-order valence-electron chi connectivity index (χ2n) is 5.64. The smallest absolute Gasteiger partial charge is 0.0265 e. The van der Waals surface area contributed by atoms with Gasteiger partial charge in [0.25, 0.3) is 0 Å². The van der Waals surface area contributed by atoms with Gasteiger partial charge in [0.1, 0.15) is 0 Å². The molecule has 0 saturated heterocycles. The molecule has 0 aliphatic heterocycles. The van der Waals surface area contributed by atoms with Gasteiger partial charge in [0.2, 0.25) is 0 Å². The lowest BCUT2D eigenvalue weighted by Gasteiger charge is -2.16. The Hall–Kier alpha value is -1.90. The van der Waals surface area contributed by atoms with E-state index in [1.165, 1.54) is 58.8 Å². The van der Waals surface area contributed by atoms with Gasteiger partial charge in [-0.05, 0) is 43.8 Å². The van der Waals surface area contributed by atoms with E-state index in [0.29, 0.717) is 0 Å². The molecule has 0 amide bonds. The number of hydrogen-bond donors (Lipinski definition) is 1. The molecule has 0 saturated carbocycles. The fourth-order valence-corrected chi connectivity index (χ4v) is 4.59. The average Bonchev–Trinajstić information content (AvgIpc) is 2.59. The van der Waals surface area contributed by atoms with Crippen molar-refractivity contribution < 1.29 is 0 Å². The largest absolute Gasteiger partial charge is 0.106 e. The fraction of sp³-hybridized carbons (Fsp3) is 0. The molecule has 0 heterocycles. The summed E-state index contributed by atoms with van der Waals surface area (Å²) in [7, 11) is 1.53. The Morgan fingerprint density at radius 3 is 1.82 bits per heavy atom. The van der Waals surface area contributed by atoms with Crippen LogP contribution >= 0.6 is 22.5 Å². The summed E-state index contributed by atoms with van der Waals surface area (Å²) in [5.74, 6) is 0. The Balaban J connectivity index is 2.28. The van der Waals surface area contributed by atoms with Crippen molar-refractivity contribution in [2.75, 3.05) is 0 Å². The molecular weight excluding hydrogens is 304 g/mol. The number of hydrogen-bond acceptors (Lipinski definition) is 2. The minimum absolute atomic E-state index is 1.23. The van der Waals surface area contributed by atoms with Gasteiger partial charge in [0, 0.05) is 10.3 Å². The molecule has 5 aromatic carbocycles. The van der Waals surface area contributed by atoms with E-state index in [-0.39, 0.29) is 0 Å². The summed E-state index contributed by atoms with van der Waals surface area (Å²) in [5, 5.41) is 10.6. The maximum atomic E-state index is 4.48. The molecule has 5 rings (SSSR count). The Morgan fingerprint density at radius 1 is 0.545 bits per heavy atom. The van der Waals surface area contributed by atoms with Gasteiger partial charge in [-0.2, -0.15) is 0 Å². The van der Waals surface area contributed by atoms with E-state index in [0.717, 1.165) is 0 Å². The van der Waals surface area contributed by atoms with E-state index < -0.39 is 0 Å². The van der Waals surface area contributed by atoms with Crippen LogP contribution in [0.5, 0.6) is 0 Å². The van der Waals surface area contributed by atoms with E-state index in [1.54, 1.807) is 0 Å². The van der Waals surface area contributed by atoms with Gasteiger partial charge < -0.3 is 0 Å². The van der Waals surface area contributed by atoms with Crippen LogP contribution in [-0.4, -0.2) is 0 Å². The van der Waals surface area contributed by atoms with Gasteiger partial charge in [-0.3, -0.25) is 0 Å². The maximum Gasteiger partial charge on any atom is 0.0265 e. The first-order valence-corrected chi connectivity index (χ1v) is 9.15. The topological polar surface area (TPSA) is 0 Å². The lowest BCUT2D eigenvalue weighted by Crippen LogP contribution is -1.87. The molecule has 0 nitrogen and oxygen atoms in total. The van der Waals surface area contributed by atoms with Crippen LogP contribution < -0.4 is 0 Å². The van der Waals surface area contributed by atoms with Crippen LogP contribution in [0.25, 0.3) is 43.1 Å². The number of rotatable bonds is 1. The standard InChI is InChI=1S/C20H12S2/c21-22-17-11-10-13-6-2-8-15-14-7-1-4-12-5-3-9-16(18(12)14)20(17)19(13)15/h1-11,21H. The van der Waals surface area contributed by atoms with Crippen molar-refractivity contribution in [3.63, 3.8) is 0 Å². The quantitative estimate of drug-likeness (QED) is 0.156. The highest BCUT2D eigenvalue weighted by Crippen LogP contribution is 2.44. The van der Waals surface area contributed by atoms with Crippen molar-refractivity contribution in [2.24, 2.45) is 0 Å². The molecule has 0 radical (unpaired) electrons. The van der Waals surface area contributed by atoms with Crippen molar-refractivity contribution in [1.29, 1.82) is 0 Å². The molecule has 0 spiro atoms. The van der Waals surface area contributed by atoms with Crippen molar-refractivity contribution in [2.45, 2.75) is 4.90 Å². The summed E-state index contributed by atoms with van der Waals surface area (Å²) in [6.07, 6.45) is 0. The Labute approximate surface area is 137 Å². The summed E-state index contributed by atoms with van der Waals surface area (Å²) >= 11 is 4.48. The highest BCUT2D eigenvalue weighted by Gasteiger charge is 2.14. The highest BCUT2D eigenvalue weighted by atomic mass is 33.1. The van der Waals surface area contributed by atoms with Crippen molar-refractivity contribution in [3.05, 3.63) is 66.7 Å². The number of thiol groups is 1. The zero-order valence-corrected chi connectivity index (χ0v) is 13.4. The van der Waals surface area contributed by atoms with E-state index in [9.17, 15) is 0 Å². The molecule has 104 valence electrons. The molecule has 0 atom stereocenters. The zero-order chi connectivity index (χ0) is 14.7. The van der Waals surface area contributed by atoms with Gasteiger partial charge in [0.05, 0.1) is 0 Å². The molecule has 0 aliphatic carbocycles. The van der Waals surface area contributed by atoms with E-state index in [1.807, 2.05) is 0 Å². The number of fused-ring (bicyclic) bond motifs is 2. The predicted molar refractivity (Wildman–Crippen MR) is 102 cm³/mol. The maximum absolute atomic E-state index is 4.48. The van der Waals surface area contributed by atoms with E-state index in [2.05, 4.69) is 78.4 Å². The van der Waals surface area contributed by atoms with Crippen molar-refractivity contribution in [3.8, 4) is 0 Å². The van der Waals surface area contributed by atoms with Gasteiger partial charge in [-0.1, -0.05) is 71.5 Å². The number of benzene rings is 5. The normalized spacial score (nSPS) is 12.0. The zero-order valence-electron chi connectivity index (χ0n) is 11.7. The van der Waals surface area contributed by atoms with E-state index in [4.69, 9.17) is 0 Å². The molecular formula is C20H12S2. The van der Waals surface area contributed by atoms with Crippen LogP contribution in [-0.2, 0) is 0 Å². The second-order valence-corrected chi connectivity index (χ2v) is 6.81. The Bertz CT molecular complexity index is 1150. The third kappa shape index (κ3) is 1.52. The summed E-state index contributed by atoms with van der Waals surface area (Å²) in [6, 6.07) is 24.2. The van der Waals surface area contributed by atoms with Crippen LogP contribution in [0, 0.1) is 0 Å². The first-order chi connectivity index (χ1) is 10.9. The Kier molecular flexibility index (Phi) is 2.61. The first-order valence-electron chi connectivity index (χ1n) is 7.28. The summed E-state index contributed by atoms with van der Waals surface area (Å²) < 4.78 is 0. The Morgan fingerprint density at radius 2 is 1.14 bits per heavy atom. The summed E-state index contributed by atoms with van der Waals surface area (Å²) in [4.78, 5) is 1.23. The fourth-order valence-electron chi connectivity index (χ4n) is 3.70. The highest BCUT2D eigenvalue weighted by molar-refractivity contribution is 8.68. The molecule has 0 bridgehead atoms. The molecule has 0 N–H and O–H groups in total. The first kappa shape index (κ1) is 12.6. The van der Waals surface area contributed by atoms with Crippen LogP contribution in [0.3, 0.4) is 0 Å². The van der Waals surface area contributed by atoms with Gasteiger partial charge in [-0.15, -0.1) is 11.7 Å². The third-order valence-corrected chi connectivity index (χ3v) is 5.70. The van der Waals surface area contributed by atoms with Gasteiger partial charge in [-0.25, -0.2) is 0 Å². The summed E-state index contributed by atoms with van der Waals surface area (Å²) in [6.45, 7) is 0. The van der Waals surface area contributed by atoms with Crippen LogP contribution in [0.2, 0.25) is 0 Å². The van der Waals surface area contributed by atoms with Gasteiger partial charge >= 0.3 is 0 Å².